The van der Waals surface area contributed by atoms with Gasteiger partial charge in [-0.3, -0.25) is 0 Å². The quantitative estimate of drug-likeness (QED) is 0.785. The van der Waals surface area contributed by atoms with Crippen molar-refractivity contribution in [2.45, 2.75) is 18.9 Å². The van der Waals surface area contributed by atoms with E-state index in [1.54, 1.807) is 12.3 Å². The summed E-state index contributed by atoms with van der Waals surface area (Å²) in [6.45, 7) is 1.77. The second-order valence-electron chi connectivity index (χ2n) is 5.01. The van der Waals surface area contributed by atoms with Crippen molar-refractivity contribution in [3.8, 4) is 6.07 Å². The minimum atomic E-state index is -0.121. The average molecular weight is 229 g/mol. The Labute approximate surface area is 101 Å². The molecule has 1 N–H and O–H groups in total. The summed E-state index contributed by atoms with van der Waals surface area (Å²) in [7, 11) is 0. The molecule has 4 nitrogen and oxygen atoms in total. The topological polar surface area (TPSA) is 60.2 Å². The molecule has 0 spiro atoms. The Morgan fingerprint density at radius 3 is 2.53 bits per heavy atom. The highest BCUT2D eigenvalue weighted by molar-refractivity contribution is 5.43. The number of hydrogen-bond acceptors (Lipinski definition) is 4. The predicted octanol–water partition coefficient (Wildman–Crippen LogP) is 1.16. The lowest BCUT2D eigenvalue weighted by atomic mass is 9.95. The number of aromatic nitrogens is 1. The predicted molar refractivity (Wildman–Crippen MR) is 63.4 cm³/mol. The number of fused-ring (bicyclic) bond motifs is 2. The van der Waals surface area contributed by atoms with Crippen molar-refractivity contribution in [3.05, 3.63) is 23.9 Å². The highest BCUT2D eigenvalue weighted by atomic mass is 16.3. The first-order valence-electron chi connectivity index (χ1n) is 6.07. The van der Waals surface area contributed by atoms with Crippen molar-refractivity contribution in [2.24, 2.45) is 11.8 Å². The summed E-state index contributed by atoms with van der Waals surface area (Å²) in [5.74, 6) is 1.71. The van der Waals surface area contributed by atoms with E-state index in [0.29, 0.717) is 17.4 Å². The van der Waals surface area contributed by atoms with Crippen molar-refractivity contribution in [2.75, 3.05) is 18.0 Å². The minimum Gasteiger partial charge on any atom is -0.392 e. The van der Waals surface area contributed by atoms with Crippen LogP contribution in [0.25, 0.3) is 0 Å². The Morgan fingerprint density at radius 2 is 2.00 bits per heavy atom. The summed E-state index contributed by atoms with van der Waals surface area (Å²) < 4.78 is 0. The highest BCUT2D eigenvalue weighted by Gasteiger charge is 2.41. The summed E-state index contributed by atoms with van der Waals surface area (Å²) in [6.07, 6.45) is 3.74. The molecule has 3 rings (SSSR count). The number of aliphatic hydroxyl groups is 1. The van der Waals surface area contributed by atoms with Crippen molar-refractivity contribution < 1.29 is 5.11 Å². The van der Waals surface area contributed by atoms with Gasteiger partial charge >= 0.3 is 0 Å². The first-order valence-corrected chi connectivity index (χ1v) is 6.07. The zero-order valence-electron chi connectivity index (χ0n) is 9.58. The van der Waals surface area contributed by atoms with Gasteiger partial charge in [-0.05, 0) is 25.0 Å². The monoisotopic (exact) mass is 229 g/mol. The molecule has 2 aliphatic rings. The molecule has 1 saturated carbocycles. The number of nitriles is 1. The smallest absolute Gasteiger partial charge is 0.128 e. The number of hydrogen-bond donors (Lipinski definition) is 1. The molecule has 4 heteroatoms. The molecule has 0 amide bonds. The number of pyridine rings is 1. The van der Waals surface area contributed by atoms with Crippen molar-refractivity contribution in [3.63, 3.8) is 0 Å². The van der Waals surface area contributed by atoms with E-state index in [1.807, 2.05) is 6.07 Å². The molecule has 3 atom stereocenters. The van der Waals surface area contributed by atoms with Crippen LogP contribution in [0.15, 0.2) is 18.3 Å². The Balaban J connectivity index is 1.79. The summed E-state index contributed by atoms with van der Waals surface area (Å²) in [5.41, 5.74) is 0.591. The molecule has 88 valence electrons. The second kappa shape index (κ2) is 4.01. The fraction of sp³-hybridized carbons (Fsp3) is 0.538. The van der Waals surface area contributed by atoms with Gasteiger partial charge in [-0.25, -0.2) is 4.98 Å². The lowest BCUT2D eigenvalue weighted by molar-refractivity contribution is 0.0790. The standard InChI is InChI=1S/C13H15N3O/c14-5-9-1-4-12(15-6-9)16-7-10-2-3-11(8-16)13(10)17/h1,4,6,10-11,13,17H,2-3,7-8H2/t10-,11+,13-. The molecule has 0 radical (unpaired) electrons. The van der Waals surface area contributed by atoms with Gasteiger partial charge in [-0.2, -0.15) is 5.26 Å². The van der Waals surface area contributed by atoms with Crippen LogP contribution < -0.4 is 4.90 Å². The van der Waals surface area contributed by atoms with E-state index in [-0.39, 0.29) is 6.10 Å². The number of piperidine rings is 1. The summed E-state index contributed by atoms with van der Waals surface area (Å²) in [5, 5.41) is 18.7. The van der Waals surface area contributed by atoms with Crippen LogP contribution in [0.2, 0.25) is 0 Å². The third-order valence-electron chi connectivity index (χ3n) is 3.98. The third kappa shape index (κ3) is 1.77. The zero-order valence-corrected chi connectivity index (χ0v) is 9.58. The van der Waals surface area contributed by atoms with Crippen LogP contribution in [-0.4, -0.2) is 29.3 Å². The van der Waals surface area contributed by atoms with E-state index in [0.717, 1.165) is 31.7 Å². The molecule has 1 saturated heterocycles. The third-order valence-corrected chi connectivity index (χ3v) is 3.98. The fourth-order valence-electron chi connectivity index (χ4n) is 3.02. The number of rotatable bonds is 1. The molecule has 1 aliphatic carbocycles. The molecule has 2 fully saturated rings. The Hall–Kier alpha value is -1.60. The summed E-state index contributed by atoms with van der Waals surface area (Å²) in [6, 6.07) is 5.77. The second-order valence-corrected chi connectivity index (χ2v) is 5.01. The Morgan fingerprint density at radius 1 is 1.29 bits per heavy atom. The van der Waals surface area contributed by atoms with E-state index in [1.165, 1.54) is 0 Å². The Kier molecular flexibility index (Phi) is 2.49. The molecule has 0 aromatic carbocycles. The first kappa shape index (κ1) is 10.5. The normalized spacial score (nSPS) is 31.3. The van der Waals surface area contributed by atoms with Crippen LogP contribution in [0.4, 0.5) is 5.82 Å². The molecule has 17 heavy (non-hydrogen) atoms. The summed E-state index contributed by atoms with van der Waals surface area (Å²) in [4.78, 5) is 6.55. The lowest BCUT2D eigenvalue weighted by Gasteiger charge is -2.36. The lowest BCUT2D eigenvalue weighted by Crippen LogP contribution is -2.45. The van der Waals surface area contributed by atoms with Crippen LogP contribution in [0.1, 0.15) is 18.4 Å². The molecule has 1 aromatic rings. The van der Waals surface area contributed by atoms with Gasteiger partial charge in [0.25, 0.3) is 0 Å². The van der Waals surface area contributed by atoms with Crippen LogP contribution in [-0.2, 0) is 0 Å². The van der Waals surface area contributed by atoms with Crippen LogP contribution in [0.5, 0.6) is 0 Å². The van der Waals surface area contributed by atoms with E-state index in [4.69, 9.17) is 5.26 Å². The highest BCUT2D eigenvalue weighted by Crippen LogP contribution is 2.37. The first-order chi connectivity index (χ1) is 8.28. The van der Waals surface area contributed by atoms with Crippen molar-refractivity contribution >= 4 is 5.82 Å². The van der Waals surface area contributed by atoms with Crippen molar-refractivity contribution in [1.82, 2.24) is 4.98 Å². The molecular weight excluding hydrogens is 214 g/mol. The number of aliphatic hydroxyl groups excluding tert-OH is 1. The van der Waals surface area contributed by atoms with E-state index in [9.17, 15) is 5.11 Å². The van der Waals surface area contributed by atoms with Gasteiger partial charge in [0.05, 0.1) is 11.7 Å². The molecule has 1 aliphatic heterocycles. The van der Waals surface area contributed by atoms with Gasteiger partial charge in [-0.15, -0.1) is 0 Å². The van der Waals surface area contributed by atoms with Crippen LogP contribution in [0, 0.1) is 23.2 Å². The maximum absolute atomic E-state index is 9.97. The average Bonchev–Trinajstić information content (AvgIpc) is 2.61. The minimum absolute atomic E-state index is 0.121. The maximum Gasteiger partial charge on any atom is 0.128 e. The van der Waals surface area contributed by atoms with E-state index in [2.05, 4.69) is 16.0 Å². The van der Waals surface area contributed by atoms with Crippen LogP contribution >= 0.6 is 0 Å². The van der Waals surface area contributed by atoms with Gasteiger partial charge in [0, 0.05) is 31.1 Å². The Bertz CT molecular complexity index is 437. The van der Waals surface area contributed by atoms with E-state index >= 15 is 0 Å². The molecular formula is C13H15N3O. The largest absolute Gasteiger partial charge is 0.392 e. The van der Waals surface area contributed by atoms with Gasteiger partial charge in [0.1, 0.15) is 11.9 Å². The number of nitrogens with zero attached hydrogens (tertiary/aromatic N) is 3. The fourth-order valence-corrected chi connectivity index (χ4v) is 3.02. The molecule has 2 bridgehead atoms. The van der Waals surface area contributed by atoms with Gasteiger partial charge < -0.3 is 10.0 Å². The molecule has 0 unspecified atom stereocenters. The van der Waals surface area contributed by atoms with E-state index < -0.39 is 0 Å². The number of anilines is 1. The van der Waals surface area contributed by atoms with Crippen molar-refractivity contribution in [1.29, 1.82) is 5.26 Å². The van der Waals surface area contributed by atoms with Gasteiger partial charge in [0.15, 0.2) is 0 Å². The SMILES string of the molecule is N#Cc1ccc(N2C[C@H]3CC[C@@H](C2)[C@@H]3O)nc1. The summed E-state index contributed by atoms with van der Waals surface area (Å²) >= 11 is 0. The van der Waals surface area contributed by atoms with Gasteiger partial charge in [0.2, 0.25) is 0 Å². The zero-order chi connectivity index (χ0) is 11.8. The maximum atomic E-state index is 9.97. The van der Waals surface area contributed by atoms with Crippen LogP contribution in [0.3, 0.4) is 0 Å². The van der Waals surface area contributed by atoms with Gasteiger partial charge in [-0.1, -0.05) is 0 Å². The molecule has 1 aromatic heterocycles. The molecule has 2 heterocycles.